The van der Waals surface area contributed by atoms with Crippen LogP contribution in [0.5, 0.6) is 5.75 Å². The second kappa shape index (κ2) is 10.3. The lowest BCUT2D eigenvalue weighted by Crippen LogP contribution is -2.41. The third-order valence-corrected chi connectivity index (χ3v) is 7.86. The highest BCUT2D eigenvalue weighted by molar-refractivity contribution is 7.92. The van der Waals surface area contributed by atoms with E-state index in [0.29, 0.717) is 30.1 Å². The first-order valence-electron chi connectivity index (χ1n) is 13.1. The molecule has 11 heteroatoms. The first-order chi connectivity index (χ1) is 18.8. The second-order valence-electron chi connectivity index (χ2n) is 11.3. The summed E-state index contributed by atoms with van der Waals surface area (Å²) in [6, 6.07) is 13.9. The van der Waals surface area contributed by atoms with Gasteiger partial charge in [-0.2, -0.15) is 0 Å². The van der Waals surface area contributed by atoms with Gasteiger partial charge in [-0.25, -0.2) is 13.2 Å². The van der Waals surface area contributed by atoms with E-state index in [-0.39, 0.29) is 34.9 Å². The molecule has 2 fully saturated rings. The zero-order valence-electron chi connectivity index (χ0n) is 23.2. The van der Waals surface area contributed by atoms with E-state index in [2.05, 4.69) is 15.4 Å². The molecule has 3 aromatic rings. The van der Waals surface area contributed by atoms with Crippen molar-refractivity contribution in [3.05, 3.63) is 59.7 Å². The number of likely N-dealkylation sites (tertiary alicyclic amines) is 1. The van der Waals surface area contributed by atoms with Crippen LogP contribution in [0.1, 0.15) is 43.1 Å². The Kier molecular flexibility index (Phi) is 7.13. The van der Waals surface area contributed by atoms with E-state index in [4.69, 9.17) is 9.47 Å². The van der Waals surface area contributed by atoms with Crippen LogP contribution in [0.25, 0.3) is 10.8 Å². The molecule has 40 heavy (non-hydrogen) atoms. The van der Waals surface area contributed by atoms with Crippen LogP contribution in [0, 0.1) is 0 Å². The molecule has 0 radical (unpaired) electrons. The number of nitrogens with zero attached hydrogens (tertiary/aromatic N) is 1. The zero-order chi connectivity index (χ0) is 28.8. The molecule has 0 spiro atoms. The second-order valence-corrected chi connectivity index (χ2v) is 13.1. The number of hydrogen-bond acceptors (Lipinski definition) is 6. The molecule has 3 N–H and O–H groups in total. The summed E-state index contributed by atoms with van der Waals surface area (Å²) in [7, 11) is -2.20. The predicted molar refractivity (Wildman–Crippen MR) is 156 cm³/mol. The van der Waals surface area contributed by atoms with Gasteiger partial charge < -0.3 is 25.0 Å². The van der Waals surface area contributed by atoms with E-state index in [1.165, 1.54) is 7.11 Å². The molecule has 10 nitrogen and oxygen atoms in total. The van der Waals surface area contributed by atoms with Crippen LogP contribution in [-0.2, 0) is 20.2 Å². The van der Waals surface area contributed by atoms with E-state index < -0.39 is 16.1 Å². The van der Waals surface area contributed by atoms with Crippen LogP contribution < -0.4 is 20.1 Å². The van der Waals surface area contributed by atoms with Gasteiger partial charge in [-0.3, -0.25) is 9.52 Å². The van der Waals surface area contributed by atoms with Crippen molar-refractivity contribution >= 4 is 49.8 Å². The highest BCUT2D eigenvalue weighted by Crippen LogP contribution is 2.39. The lowest BCUT2D eigenvalue weighted by molar-refractivity contribution is 0.0260. The Balaban J connectivity index is 1.44. The maximum Gasteiger partial charge on any atom is 0.323 e. The van der Waals surface area contributed by atoms with Crippen molar-refractivity contribution in [2.45, 2.75) is 44.8 Å². The summed E-state index contributed by atoms with van der Waals surface area (Å²) in [5.41, 5.74) is 2.08. The summed E-state index contributed by atoms with van der Waals surface area (Å²) in [4.78, 5) is 28.6. The number of hydrogen-bond donors (Lipinski definition) is 3. The Bertz CT molecular complexity index is 1600. The normalized spacial score (nSPS) is 18.6. The number of morpholine rings is 1. The maximum atomic E-state index is 13.4. The third kappa shape index (κ3) is 5.57. The third-order valence-electron chi connectivity index (χ3n) is 7.27. The van der Waals surface area contributed by atoms with Crippen LogP contribution in [0.4, 0.5) is 21.9 Å². The van der Waals surface area contributed by atoms with Crippen LogP contribution in [-0.4, -0.2) is 63.9 Å². The summed E-state index contributed by atoms with van der Waals surface area (Å²) in [5.74, 6) is 0.140. The molecular weight excluding hydrogens is 532 g/mol. The summed E-state index contributed by atoms with van der Waals surface area (Å²) >= 11 is 0. The molecule has 2 saturated heterocycles. The number of fused-ring (bicyclic) bond motifs is 3. The zero-order valence-corrected chi connectivity index (χ0v) is 24.0. The highest BCUT2D eigenvalue weighted by atomic mass is 32.2. The molecule has 3 amide bonds. The van der Waals surface area contributed by atoms with Crippen molar-refractivity contribution in [1.82, 2.24) is 4.90 Å². The molecule has 3 aromatic carbocycles. The first kappa shape index (κ1) is 27.7. The monoisotopic (exact) mass is 566 g/mol. The van der Waals surface area contributed by atoms with Gasteiger partial charge in [0.05, 0.1) is 49.2 Å². The molecule has 2 atom stereocenters. The number of methoxy groups -OCH3 is 1. The summed E-state index contributed by atoms with van der Waals surface area (Å²) in [5, 5.41) is 7.16. The number of carbonyl (C=O) groups is 2. The van der Waals surface area contributed by atoms with Crippen molar-refractivity contribution in [3.8, 4) is 5.75 Å². The fourth-order valence-electron chi connectivity index (χ4n) is 5.32. The Labute approximate surface area is 234 Å². The fourth-order valence-corrected chi connectivity index (χ4v) is 5.87. The topological polar surface area (TPSA) is 126 Å². The highest BCUT2D eigenvalue weighted by Gasteiger charge is 2.42. The number of ether oxygens (including phenoxy) is 2. The minimum atomic E-state index is -3.61. The van der Waals surface area contributed by atoms with E-state index in [1.54, 1.807) is 24.3 Å². The molecule has 212 valence electrons. The fraction of sp³-hybridized carbons (Fsp3) is 0.379. The summed E-state index contributed by atoms with van der Waals surface area (Å²) in [6.45, 7) is 7.11. The van der Waals surface area contributed by atoms with Crippen LogP contribution in [0.3, 0.4) is 0 Å². The molecule has 2 aliphatic heterocycles. The van der Waals surface area contributed by atoms with E-state index in [1.807, 2.05) is 49.9 Å². The molecule has 0 unspecified atom stereocenters. The number of sulfonamides is 1. The van der Waals surface area contributed by atoms with E-state index >= 15 is 0 Å². The Morgan fingerprint density at radius 3 is 2.27 bits per heavy atom. The van der Waals surface area contributed by atoms with Gasteiger partial charge in [0.2, 0.25) is 10.0 Å². The van der Waals surface area contributed by atoms with Crippen molar-refractivity contribution in [2.24, 2.45) is 0 Å². The Morgan fingerprint density at radius 1 is 1.00 bits per heavy atom. The lowest BCUT2D eigenvalue weighted by atomic mass is 9.86. The van der Waals surface area contributed by atoms with Crippen LogP contribution >= 0.6 is 0 Å². The van der Waals surface area contributed by atoms with Gasteiger partial charge in [-0.05, 0) is 47.1 Å². The van der Waals surface area contributed by atoms with E-state index in [9.17, 15) is 18.0 Å². The Hall–Kier alpha value is -3.83. The summed E-state index contributed by atoms with van der Waals surface area (Å²) < 4.78 is 37.7. The minimum absolute atomic E-state index is 0.0439. The number of nitrogens with one attached hydrogen (secondary N) is 3. The number of carbonyl (C=O) groups excluding carboxylic acids is 2. The standard InChI is InChI=1S/C29H34N4O6S/c1-29(2,3)17-12-24(26(38-4)25(13-17)32-40(5,36)37)31-28(35)30-23-11-10-22(20-8-6-7-9-21(20)23)27(34)33-15-19-14-18(33)16-39-19/h6-13,18-19,32H,14-16H2,1-5H3,(H2,30,31,35)/t18-,19-/m0/s1. The van der Waals surface area contributed by atoms with Gasteiger partial charge in [-0.15, -0.1) is 0 Å². The first-order valence-corrected chi connectivity index (χ1v) is 15.0. The molecule has 2 heterocycles. The number of urea groups is 1. The van der Waals surface area contributed by atoms with Crippen molar-refractivity contribution in [3.63, 3.8) is 0 Å². The average molecular weight is 567 g/mol. The smallest absolute Gasteiger partial charge is 0.323 e. The number of benzene rings is 3. The van der Waals surface area contributed by atoms with Gasteiger partial charge in [-0.1, -0.05) is 45.0 Å². The molecule has 5 rings (SSSR count). The SMILES string of the molecule is COc1c(NC(=O)Nc2ccc(C(=O)N3C[C@@H]4C[C@H]3CO4)c3ccccc23)cc(C(C)(C)C)cc1NS(C)(=O)=O. The van der Waals surface area contributed by atoms with Gasteiger partial charge >= 0.3 is 6.03 Å². The van der Waals surface area contributed by atoms with Crippen LogP contribution in [0.15, 0.2) is 48.5 Å². The number of anilines is 3. The largest absolute Gasteiger partial charge is 0.492 e. The van der Waals surface area contributed by atoms with E-state index in [0.717, 1.165) is 29.0 Å². The molecule has 2 aliphatic rings. The van der Waals surface area contributed by atoms with Crippen molar-refractivity contribution < 1.29 is 27.5 Å². The summed E-state index contributed by atoms with van der Waals surface area (Å²) in [6.07, 6.45) is 2.02. The lowest BCUT2D eigenvalue weighted by Gasteiger charge is -2.27. The van der Waals surface area contributed by atoms with Gasteiger partial charge in [0.1, 0.15) is 0 Å². The minimum Gasteiger partial charge on any atom is -0.492 e. The van der Waals surface area contributed by atoms with Gasteiger partial charge in [0.25, 0.3) is 5.91 Å². The van der Waals surface area contributed by atoms with Gasteiger partial charge in [0, 0.05) is 17.5 Å². The molecular formula is C29H34N4O6S. The average Bonchev–Trinajstić information content (AvgIpc) is 3.51. The van der Waals surface area contributed by atoms with Gasteiger partial charge in [0.15, 0.2) is 5.75 Å². The number of amides is 3. The van der Waals surface area contributed by atoms with Crippen molar-refractivity contribution in [2.75, 3.05) is 41.9 Å². The predicted octanol–water partition coefficient (Wildman–Crippen LogP) is 4.77. The molecule has 0 saturated carbocycles. The van der Waals surface area contributed by atoms with Crippen molar-refractivity contribution in [1.29, 1.82) is 0 Å². The number of rotatable bonds is 6. The molecule has 2 bridgehead atoms. The molecule has 0 aliphatic carbocycles. The van der Waals surface area contributed by atoms with Crippen LogP contribution in [0.2, 0.25) is 0 Å². The maximum absolute atomic E-state index is 13.4. The molecule has 0 aromatic heterocycles. The quantitative estimate of drug-likeness (QED) is 0.395. The Morgan fingerprint density at radius 2 is 1.68 bits per heavy atom.